The lowest BCUT2D eigenvalue weighted by atomic mass is 10.0. The van der Waals surface area contributed by atoms with Crippen molar-refractivity contribution in [3.05, 3.63) is 54.4 Å². The highest BCUT2D eigenvalue weighted by Crippen LogP contribution is 2.22. The van der Waals surface area contributed by atoms with Gasteiger partial charge in [-0.3, -0.25) is 10.2 Å². The zero-order valence-corrected chi connectivity index (χ0v) is 14.8. The predicted octanol–water partition coefficient (Wildman–Crippen LogP) is 3.82. The maximum atomic E-state index is 12.4. The van der Waals surface area contributed by atoms with Gasteiger partial charge in [-0.15, -0.1) is 0 Å². The van der Waals surface area contributed by atoms with E-state index >= 15 is 0 Å². The molecule has 0 bridgehead atoms. The Hall–Kier alpha value is -2.76. The molecule has 1 aliphatic carbocycles. The molecular formula is C20H25N3O3. The number of aromatic nitrogens is 1. The van der Waals surface area contributed by atoms with Gasteiger partial charge in [0.05, 0.1) is 17.9 Å². The van der Waals surface area contributed by atoms with Gasteiger partial charge >= 0.3 is 6.09 Å². The van der Waals surface area contributed by atoms with Crippen molar-refractivity contribution in [3.8, 4) is 5.69 Å². The minimum atomic E-state index is -0.624. The fourth-order valence-electron chi connectivity index (χ4n) is 3.32. The van der Waals surface area contributed by atoms with Crippen molar-refractivity contribution < 1.29 is 14.3 Å². The molecule has 0 spiro atoms. The highest BCUT2D eigenvalue weighted by molar-refractivity contribution is 5.98. The topological polar surface area (TPSA) is 72.4 Å². The molecule has 1 aromatic carbocycles. The van der Waals surface area contributed by atoms with Gasteiger partial charge in [0.1, 0.15) is 0 Å². The molecule has 1 saturated carbocycles. The fraction of sp³-hybridized carbons (Fsp3) is 0.400. The second kappa shape index (κ2) is 9.08. The van der Waals surface area contributed by atoms with Gasteiger partial charge in [0.25, 0.3) is 5.91 Å². The lowest BCUT2D eigenvalue weighted by molar-refractivity contribution is 0.0891. The molecule has 0 radical (unpaired) electrons. The van der Waals surface area contributed by atoms with Crippen molar-refractivity contribution in [2.45, 2.75) is 38.5 Å². The zero-order valence-electron chi connectivity index (χ0n) is 14.8. The second-order valence-corrected chi connectivity index (χ2v) is 6.64. The Bertz CT molecular complexity index is 720. The van der Waals surface area contributed by atoms with Crippen molar-refractivity contribution in [2.24, 2.45) is 5.92 Å². The number of benzene rings is 1. The maximum Gasteiger partial charge on any atom is 0.426 e. The zero-order chi connectivity index (χ0) is 18.2. The van der Waals surface area contributed by atoms with Crippen LogP contribution in [0.25, 0.3) is 5.69 Å². The third-order valence-corrected chi connectivity index (χ3v) is 4.73. The number of para-hydroxylation sites is 1. The largest absolute Gasteiger partial charge is 0.448 e. The van der Waals surface area contributed by atoms with Gasteiger partial charge in [0.15, 0.2) is 0 Å². The molecular weight excluding hydrogens is 330 g/mol. The van der Waals surface area contributed by atoms with Gasteiger partial charge in [0, 0.05) is 12.4 Å². The maximum absolute atomic E-state index is 12.4. The molecule has 6 heteroatoms. The molecule has 3 rings (SSSR count). The van der Waals surface area contributed by atoms with E-state index in [0.29, 0.717) is 18.1 Å². The van der Waals surface area contributed by atoms with Crippen LogP contribution in [0.1, 0.15) is 48.9 Å². The van der Waals surface area contributed by atoms with E-state index in [1.807, 2.05) is 41.2 Å². The first kappa shape index (κ1) is 18.0. The molecule has 1 heterocycles. The summed E-state index contributed by atoms with van der Waals surface area (Å²) in [7, 11) is 0. The van der Waals surface area contributed by atoms with Crippen molar-refractivity contribution in [1.29, 1.82) is 0 Å². The van der Waals surface area contributed by atoms with Crippen molar-refractivity contribution in [1.82, 2.24) is 15.4 Å². The first-order valence-electron chi connectivity index (χ1n) is 9.19. The summed E-state index contributed by atoms with van der Waals surface area (Å²) in [4.78, 5) is 24.3. The number of hydrazine groups is 1. The number of amides is 2. The van der Waals surface area contributed by atoms with Crippen LogP contribution in [-0.4, -0.2) is 23.2 Å². The molecule has 2 aromatic rings. The molecule has 2 amide bonds. The summed E-state index contributed by atoms with van der Waals surface area (Å²) in [5, 5.41) is 0. The SMILES string of the molecule is O=C(NNC(=O)c1ccccc1-n1cccc1)OCC1CCCCCC1. The number of hydrogen-bond acceptors (Lipinski definition) is 3. The van der Waals surface area contributed by atoms with Crippen LogP contribution in [0.5, 0.6) is 0 Å². The number of nitrogens with zero attached hydrogens (tertiary/aromatic N) is 1. The molecule has 1 aliphatic rings. The standard InChI is InChI=1S/C20H25N3O3/c24-19(17-11-5-6-12-18(17)23-13-7-8-14-23)21-22-20(25)26-15-16-9-3-1-2-4-10-16/h5-8,11-14,16H,1-4,9-10,15H2,(H,21,24)(H,22,25). The Balaban J connectivity index is 1.50. The molecule has 0 saturated heterocycles. The molecule has 138 valence electrons. The quantitative estimate of drug-likeness (QED) is 0.647. The number of nitrogens with one attached hydrogen (secondary N) is 2. The number of hydrogen-bond donors (Lipinski definition) is 2. The van der Waals surface area contributed by atoms with Crippen LogP contribution >= 0.6 is 0 Å². The number of ether oxygens (including phenoxy) is 1. The summed E-state index contributed by atoms with van der Waals surface area (Å²) < 4.78 is 7.10. The molecule has 26 heavy (non-hydrogen) atoms. The number of rotatable bonds is 4. The molecule has 0 atom stereocenters. The lowest BCUT2D eigenvalue weighted by Gasteiger charge is -2.15. The molecule has 0 unspecified atom stereocenters. The summed E-state index contributed by atoms with van der Waals surface area (Å²) in [6.07, 6.45) is 10.2. The number of carbonyl (C=O) groups excluding carboxylic acids is 2. The van der Waals surface area contributed by atoms with Gasteiger partial charge in [0.2, 0.25) is 0 Å². The Morgan fingerprint density at radius 1 is 0.962 bits per heavy atom. The normalized spacial score (nSPS) is 15.1. The first-order chi connectivity index (χ1) is 12.7. The van der Waals surface area contributed by atoms with Gasteiger partial charge in [-0.2, -0.15) is 0 Å². The summed E-state index contributed by atoms with van der Waals surface area (Å²) in [5.74, 6) is 0.0362. The van der Waals surface area contributed by atoms with Crippen LogP contribution in [0.2, 0.25) is 0 Å². The van der Waals surface area contributed by atoms with Gasteiger partial charge in [-0.1, -0.05) is 37.8 Å². The Kier molecular flexibility index (Phi) is 6.30. The highest BCUT2D eigenvalue weighted by atomic mass is 16.6. The minimum absolute atomic E-state index is 0.388. The van der Waals surface area contributed by atoms with Crippen molar-refractivity contribution in [3.63, 3.8) is 0 Å². The smallest absolute Gasteiger partial charge is 0.426 e. The van der Waals surface area contributed by atoms with Gasteiger partial charge in [-0.25, -0.2) is 10.2 Å². The van der Waals surface area contributed by atoms with E-state index in [0.717, 1.165) is 18.5 Å². The Morgan fingerprint density at radius 2 is 1.65 bits per heavy atom. The van der Waals surface area contributed by atoms with E-state index in [9.17, 15) is 9.59 Å². The molecule has 1 fully saturated rings. The van der Waals surface area contributed by atoms with Crippen molar-refractivity contribution >= 4 is 12.0 Å². The van der Waals surface area contributed by atoms with Crippen LogP contribution < -0.4 is 10.9 Å². The molecule has 6 nitrogen and oxygen atoms in total. The molecule has 2 N–H and O–H groups in total. The Morgan fingerprint density at radius 3 is 2.38 bits per heavy atom. The Labute approximate surface area is 153 Å². The van der Waals surface area contributed by atoms with E-state index in [4.69, 9.17) is 4.74 Å². The highest BCUT2D eigenvalue weighted by Gasteiger charge is 2.16. The summed E-state index contributed by atoms with van der Waals surface area (Å²) in [6, 6.07) is 11.0. The lowest BCUT2D eigenvalue weighted by Crippen LogP contribution is -2.42. The van der Waals surface area contributed by atoms with Crippen LogP contribution in [0.3, 0.4) is 0 Å². The minimum Gasteiger partial charge on any atom is -0.448 e. The third kappa shape index (κ3) is 4.88. The first-order valence-corrected chi connectivity index (χ1v) is 9.19. The van der Waals surface area contributed by atoms with Crippen LogP contribution in [0.15, 0.2) is 48.8 Å². The predicted molar refractivity (Wildman–Crippen MR) is 98.9 cm³/mol. The second-order valence-electron chi connectivity index (χ2n) is 6.64. The van der Waals surface area contributed by atoms with E-state index in [1.54, 1.807) is 12.1 Å². The van der Waals surface area contributed by atoms with E-state index in [2.05, 4.69) is 10.9 Å². The van der Waals surface area contributed by atoms with Crippen LogP contribution in [0.4, 0.5) is 4.79 Å². The van der Waals surface area contributed by atoms with E-state index < -0.39 is 6.09 Å². The fourth-order valence-corrected chi connectivity index (χ4v) is 3.32. The van der Waals surface area contributed by atoms with E-state index in [-0.39, 0.29) is 5.91 Å². The number of carbonyl (C=O) groups is 2. The van der Waals surface area contributed by atoms with Crippen LogP contribution in [0, 0.1) is 5.92 Å². The summed E-state index contributed by atoms with van der Waals surface area (Å²) in [5.41, 5.74) is 5.97. The third-order valence-electron chi connectivity index (χ3n) is 4.73. The summed E-state index contributed by atoms with van der Waals surface area (Å²) in [6.45, 7) is 0.404. The van der Waals surface area contributed by atoms with Crippen LogP contribution in [-0.2, 0) is 4.74 Å². The van der Waals surface area contributed by atoms with Gasteiger partial charge in [-0.05, 0) is 43.0 Å². The average molecular weight is 355 g/mol. The molecule has 1 aromatic heterocycles. The average Bonchev–Trinajstić information content (AvgIpc) is 3.08. The summed E-state index contributed by atoms with van der Waals surface area (Å²) >= 11 is 0. The van der Waals surface area contributed by atoms with Gasteiger partial charge < -0.3 is 9.30 Å². The molecule has 0 aliphatic heterocycles. The monoisotopic (exact) mass is 355 g/mol. The van der Waals surface area contributed by atoms with E-state index in [1.165, 1.54) is 25.7 Å². The van der Waals surface area contributed by atoms with Crippen molar-refractivity contribution in [2.75, 3.05) is 6.61 Å².